The lowest BCUT2D eigenvalue weighted by Crippen LogP contribution is -2.28. The first kappa shape index (κ1) is 13.0. The van der Waals surface area contributed by atoms with Crippen LogP contribution >= 0.6 is 15.9 Å². The third-order valence-electron chi connectivity index (χ3n) is 3.89. The Hall–Kier alpha value is -0.420. The van der Waals surface area contributed by atoms with Crippen LogP contribution in [0.2, 0.25) is 0 Å². The molecule has 0 saturated heterocycles. The fraction of sp³-hybridized carbons (Fsp3) is 0.833. The van der Waals surface area contributed by atoms with Gasteiger partial charge in [-0.05, 0) is 53.4 Å². The summed E-state index contributed by atoms with van der Waals surface area (Å²) in [5, 5.41) is 18.8. The molecule has 0 bridgehead atoms. The number of aromatic nitrogens is 3. The molecule has 1 N–H and O–H groups in total. The summed E-state index contributed by atoms with van der Waals surface area (Å²) >= 11 is 3.39. The van der Waals surface area contributed by atoms with Gasteiger partial charge in [0.2, 0.25) is 0 Å². The van der Waals surface area contributed by atoms with Gasteiger partial charge in [0.25, 0.3) is 0 Å². The number of nitrogens with zero attached hydrogens (tertiary/aromatic N) is 3. The van der Waals surface area contributed by atoms with E-state index in [1.54, 1.807) is 4.68 Å². The van der Waals surface area contributed by atoms with Crippen molar-refractivity contribution in [3.63, 3.8) is 0 Å². The third-order valence-corrected chi connectivity index (χ3v) is 4.42. The topological polar surface area (TPSA) is 50.9 Å². The van der Waals surface area contributed by atoms with E-state index in [2.05, 4.69) is 40.1 Å². The van der Waals surface area contributed by atoms with E-state index in [9.17, 15) is 5.11 Å². The first-order chi connectivity index (χ1) is 7.84. The Balaban J connectivity index is 2.31. The van der Waals surface area contributed by atoms with Crippen LogP contribution in [0, 0.1) is 5.41 Å². The zero-order valence-electron chi connectivity index (χ0n) is 10.7. The fourth-order valence-corrected chi connectivity index (χ4v) is 3.41. The van der Waals surface area contributed by atoms with Crippen LogP contribution in [0.5, 0.6) is 0 Å². The molecular weight excluding hydrogens is 282 g/mol. The van der Waals surface area contributed by atoms with Gasteiger partial charge in [-0.3, -0.25) is 0 Å². The summed E-state index contributed by atoms with van der Waals surface area (Å²) in [7, 11) is 1.83. The third kappa shape index (κ3) is 2.55. The highest BCUT2D eigenvalue weighted by atomic mass is 79.9. The molecule has 1 atom stereocenters. The van der Waals surface area contributed by atoms with Crippen LogP contribution in [0.25, 0.3) is 0 Å². The summed E-state index contributed by atoms with van der Waals surface area (Å²) in [5.41, 5.74) is 0.351. The minimum atomic E-state index is -0.787. The van der Waals surface area contributed by atoms with E-state index in [0.717, 1.165) is 37.8 Å². The smallest absolute Gasteiger partial charge is 0.154 e. The van der Waals surface area contributed by atoms with Crippen LogP contribution in [0.3, 0.4) is 0 Å². The van der Waals surface area contributed by atoms with Crippen molar-refractivity contribution in [2.24, 2.45) is 12.5 Å². The SMILES string of the molecule is Cn1nnc(Br)c1C1(O)CCCC(C)(C)CC1. The second-order valence-corrected chi connectivity index (χ2v) is 6.65. The highest BCUT2D eigenvalue weighted by Crippen LogP contribution is 2.43. The van der Waals surface area contributed by atoms with Crippen molar-refractivity contribution in [3.05, 3.63) is 10.3 Å². The van der Waals surface area contributed by atoms with Crippen LogP contribution < -0.4 is 0 Å². The lowest BCUT2D eigenvalue weighted by Gasteiger charge is -2.27. The molecule has 1 aromatic heterocycles. The van der Waals surface area contributed by atoms with Crippen molar-refractivity contribution < 1.29 is 5.11 Å². The molecule has 5 heteroatoms. The zero-order valence-corrected chi connectivity index (χ0v) is 12.3. The number of aryl methyl sites for hydroxylation is 1. The first-order valence-electron chi connectivity index (χ1n) is 6.12. The lowest BCUT2D eigenvalue weighted by molar-refractivity contribution is 0.00951. The highest BCUT2D eigenvalue weighted by molar-refractivity contribution is 9.10. The van der Waals surface area contributed by atoms with Gasteiger partial charge in [0.1, 0.15) is 11.3 Å². The zero-order chi connectivity index (χ0) is 12.7. The minimum Gasteiger partial charge on any atom is -0.383 e. The van der Waals surface area contributed by atoms with Crippen molar-refractivity contribution in [1.82, 2.24) is 15.0 Å². The van der Waals surface area contributed by atoms with Gasteiger partial charge in [-0.25, -0.2) is 4.68 Å². The second-order valence-electron chi connectivity index (χ2n) is 5.90. The Morgan fingerprint density at radius 1 is 1.24 bits per heavy atom. The molecule has 17 heavy (non-hydrogen) atoms. The molecule has 0 spiro atoms. The molecule has 1 heterocycles. The van der Waals surface area contributed by atoms with Gasteiger partial charge in [0.05, 0.1) is 0 Å². The largest absolute Gasteiger partial charge is 0.383 e. The van der Waals surface area contributed by atoms with Crippen LogP contribution in [-0.4, -0.2) is 20.1 Å². The van der Waals surface area contributed by atoms with Crippen molar-refractivity contribution >= 4 is 15.9 Å². The maximum Gasteiger partial charge on any atom is 0.154 e. The molecule has 2 rings (SSSR count). The normalized spacial score (nSPS) is 29.0. The van der Waals surface area contributed by atoms with E-state index >= 15 is 0 Å². The fourth-order valence-electron chi connectivity index (χ4n) is 2.72. The Morgan fingerprint density at radius 3 is 2.53 bits per heavy atom. The molecule has 1 fully saturated rings. The summed E-state index contributed by atoms with van der Waals surface area (Å²) in [6, 6.07) is 0. The summed E-state index contributed by atoms with van der Waals surface area (Å²) in [5.74, 6) is 0. The number of hydrogen-bond donors (Lipinski definition) is 1. The van der Waals surface area contributed by atoms with E-state index in [1.807, 2.05) is 7.05 Å². The quantitative estimate of drug-likeness (QED) is 0.812. The molecule has 1 aliphatic carbocycles. The van der Waals surface area contributed by atoms with E-state index in [0.29, 0.717) is 10.0 Å². The number of hydrogen-bond acceptors (Lipinski definition) is 3. The molecule has 1 unspecified atom stereocenters. The van der Waals surface area contributed by atoms with Gasteiger partial charge in [-0.1, -0.05) is 19.1 Å². The second kappa shape index (κ2) is 4.35. The summed E-state index contributed by atoms with van der Waals surface area (Å²) in [6.07, 6.45) is 4.80. The van der Waals surface area contributed by atoms with Gasteiger partial charge in [0.15, 0.2) is 4.60 Å². The maximum absolute atomic E-state index is 10.9. The molecule has 1 saturated carbocycles. The molecule has 4 nitrogen and oxygen atoms in total. The molecule has 0 amide bonds. The molecule has 96 valence electrons. The van der Waals surface area contributed by atoms with Crippen molar-refractivity contribution in [2.45, 2.75) is 51.6 Å². The maximum atomic E-state index is 10.9. The number of halogens is 1. The van der Waals surface area contributed by atoms with Gasteiger partial charge in [0, 0.05) is 7.05 Å². The van der Waals surface area contributed by atoms with Crippen molar-refractivity contribution in [1.29, 1.82) is 0 Å². The minimum absolute atomic E-state index is 0.322. The predicted molar refractivity (Wildman–Crippen MR) is 69.5 cm³/mol. The van der Waals surface area contributed by atoms with Gasteiger partial charge < -0.3 is 5.11 Å². The molecule has 0 aliphatic heterocycles. The van der Waals surface area contributed by atoms with Crippen LogP contribution in [0.15, 0.2) is 4.60 Å². The Kier molecular flexibility index (Phi) is 3.34. The Bertz CT molecular complexity index is 396. The van der Waals surface area contributed by atoms with E-state index < -0.39 is 5.60 Å². The number of rotatable bonds is 1. The lowest BCUT2D eigenvalue weighted by atomic mass is 9.84. The molecule has 0 aromatic carbocycles. The molecule has 0 radical (unpaired) electrons. The highest BCUT2D eigenvalue weighted by Gasteiger charge is 2.39. The Morgan fingerprint density at radius 2 is 1.94 bits per heavy atom. The average molecular weight is 302 g/mol. The van der Waals surface area contributed by atoms with E-state index in [-0.39, 0.29) is 0 Å². The van der Waals surface area contributed by atoms with E-state index in [4.69, 9.17) is 0 Å². The average Bonchev–Trinajstić information content (AvgIpc) is 2.49. The van der Waals surface area contributed by atoms with Gasteiger partial charge in [-0.15, -0.1) is 5.10 Å². The summed E-state index contributed by atoms with van der Waals surface area (Å²) < 4.78 is 2.35. The standard InChI is InChI=1S/C12H20BrN3O/c1-11(2)5-4-6-12(17,8-7-11)9-10(13)14-15-16(9)3/h17H,4-8H2,1-3H3. The van der Waals surface area contributed by atoms with Crippen LogP contribution in [0.1, 0.15) is 51.6 Å². The van der Waals surface area contributed by atoms with E-state index in [1.165, 1.54) is 0 Å². The van der Waals surface area contributed by atoms with Crippen LogP contribution in [-0.2, 0) is 12.6 Å². The predicted octanol–water partition coefficient (Wildman–Crippen LogP) is 2.76. The van der Waals surface area contributed by atoms with Gasteiger partial charge in [-0.2, -0.15) is 0 Å². The van der Waals surface area contributed by atoms with Crippen molar-refractivity contribution in [2.75, 3.05) is 0 Å². The Labute approximate surface area is 111 Å². The summed E-state index contributed by atoms with van der Waals surface area (Å²) in [6.45, 7) is 4.55. The number of aliphatic hydroxyl groups is 1. The van der Waals surface area contributed by atoms with Gasteiger partial charge >= 0.3 is 0 Å². The molecule has 1 aromatic rings. The summed E-state index contributed by atoms with van der Waals surface area (Å²) in [4.78, 5) is 0. The first-order valence-corrected chi connectivity index (χ1v) is 6.91. The van der Waals surface area contributed by atoms with Crippen LogP contribution in [0.4, 0.5) is 0 Å². The van der Waals surface area contributed by atoms with Crippen molar-refractivity contribution in [3.8, 4) is 0 Å². The molecular formula is C12H20BrN3O. The molecule has 1 aliphatic rings. The monoisotopic (exact) mass is 301 g/mol.